The van der Waals surface area contributed by atoms with Crippen LogP contribution in [0, 0.1) is 0 Å². The van der Waals surface area contributed by atoms with Crippen molar-refractivity contribution in [1.82, 2.24) is 9.55 Å². The second-order valence-corrected chi connectivity index (χ2v) is 9.92. The third-order valence-electron chi connectivity index (χ3n) is 5.71. The zero-order valence-electron chi connectivity index (χ0n) is 18.5. The van der Waals surface area contributed by atoms with Crippen molar-refractivity contribution in [3.05, 3.63) is 70.3 Å². The molecule has 0 saturated heterocycles. The summed E-state index contributed by atoms with van der Waals surface area (Å²) in [7, 11) is 0. The lowest BCUT2D eigenvalue weighted by Crippen LogP contribution is -2.18. The van der Waals surface area contributed by atoms with Crippen molar-refractivity contribution in [2.45, 2.75) is 19.9 Å². The molecule has 1 amide bonds. The van der Waals surface area contributed by atoms with Crippen LogP contribution in [-0.2, 0) is 6.54 Å². The van der Waals surface area contributed by atoms with Gasteiger partial charge in [0.25, 0.3) is 5.91 Å². The highest BCUT2D eigenvalue weighted by molar-refractivity contribution is 7.16. The molecule has 2 aromatic carbocycles. The third kappa shape index (κ3) is 3.69. The van der Waals surface area contributed by atoms with Crippen molar-refractivity contribution in [2.24, 2.45) is 4.99 Å². The number of carbonyl (C=O) groups excluding carboxylic acids is 1. The highest BCUT2D eigenvalue weighted by atomic mass is 32.1. The van der Waals surface area contributed by atoms with Crippen LogP contribution in [0.25, 0.3) is 31.7 Å². The van der Waals surface area contributed by atoms with Gasteiger partial charge in [-0.1, -0.05) is 42.5 Å². The van der Waals surface area contributed by atoms with E-state index in [4.69, 9.17) is 14.5 Å². The molecule has 0 atom stereocenters. The predicted molar refractivity (Wildman–Crippen MR) is 136 cm³/mol. The second kappa shape index (κ2) is 8.70. The summed E-state index contributed by atoms with van der Waals surface area (Å²) in [5.41, 5.74) is 3.13. The number of para-hydroxylation sites is 1. The molecule has 34 heavy (non-hydrogen) atoms. The molecule has 8 heteroatoms. The number of hydrogen-bond donors (Lipinski definition) is 0. The molecule has 0 N–H and O–H groups in total. The Morgan fingerprint density at radius 1 is 1.09 bits per heavy atom. The summed E-state index contributed by atoms with van der Waals surface area (Å²) in [5.74, 6) is 1.20. The molecule has 0 bridgehead atoms. The van der Waals surface area contributed by atoms with Crippen LogP contribution >= 0.6 is 22.7 Å². The SMILES string of the molecule is CCCn1c(=NC(=O)c2cc(-c3cccs3)nc3ccccc23)sc2cc3c(cc21)OCCO3. The maximum absolute atomic E-state index is 13.6. The number of carbonyl (C=O) groups is 1. The van der Waals surface area contributed by atoms with Gasteiger partial charge >= 0.3 is 0 Å². The summed E-state index contributed by atoms with van der Waals surface area (Å²) in [4.78, 5) is 24.7. The Bertz CT molecular complexity index is 1600. The molecule has 0 fully saturated rings. The predicted octanol–water partition coefficient (Wildman–Crippen LogP) is 5.90. The molecule has 0 spiro atoms. The number of thiophene rings is 1. The van der Waals surface area contributed by atoms with Crippen molar-refractivity contribution in [2.75, 3.05) is 13.2 Å². The monoisotopic (exact) mass is 487 g/mol. The maximum atomic E-state index is 13.6. The quantitative estimate of drug-likeness (QED) is 0.316. The van der Waals surface area contributed by atoms with Gasteiger partial charge in [0.2, 0.25) is 0 Å². The van der Waals surface area contributed by atoms with Crippen LogP contribution in [0.3, 0.4) is 0 Å². The van der Waals surface area contributed by atoms with Crippen molar-refractivity contribution in [3.8, 4) is 22.1 Å². The first-order chi connectivity index (χ1) is 16.7. The minimum absolute atomic E-state index is 0.273. The molecule has 1 aliphatic rings. The van der Waals surface area contributed by atoms with Gasteiger partial charge in [-0.25, -0.2) is 4.98 Å². The summed E-state index contributed by atoms with van der Waals surface area (Å²) in [6.45, 7) is 3.94. The highest BCUT2D eigenvalue weighted by Gasteiger charge is 2.18. The van der Waals surface area contributed by atoms with E-state index in [-0.39, 0.29) is 5.91 Å². The average molecular weight is 488 g/mol. The zero-order valence-corrected chi connectivity index (χ0v) is 20.1. The van der Waals surface area contributed by atoms with E-state index in [1.54, 1.807) is 11.3 Å². The molecule has 170 valence electrons. The first kappa shape index (κ1) is 21.1. The van der Waals surface area contributed by atoms with E-state index < -0.39 is 0 Å². The van der Waals surface area contributed by atoms with E-state index in [9.17, 15) is 4.79 Å². The van der Waals surface area contributed by atoms with Gasteiger partial charge in [-0.05, 0) is 30.0 Å². The molecule has 0 aliphatic carbocycles. The van der Waals surface area contributed by atoms with E-state index >= 15 is 0 Å². The fourth-order valence-electron chi connectivity index (χ4n) is 4.18. The van der Waals surface area contributed by atoms with E-state index in [1.165, 1.54) is 11.3 Å². The van der Waals surface area contributed by atoms with Crippen molar-refractivity contribution < 1.29 is 14.3 Å². The summed E-state index contributed by atoms with van der Waals surface area (Å²) >= 11 is 3.10. The number of pyridine rings is 1. The molecule has 4 heterocycles. The first-order valence-electron chi connectivity index (χ1n) is 11.2. The van der Waals surface area contributed by atoms with Gasteiger partial charge in [-0.2, -0.15) is 4.99 Å². The maximum Gasteiger partial charge on any atom is 0.280 e. The Morgan fingerprint density at radius 2 is 1.91 bits per heavy atom. The van der Waals surface area contributed by atoms with Crippen LogP contribution in [0.15, 0.2) is 65.0 Å². The minimum Gasteiger partial charge on any atom is -0.486 e. The van der Waals surface area contributed by atoms with Crippen molar-refractivity contribution in [3.63, 3.8) is 0 Å². The number of fused-ring (bicyclic) bond motifs is 3. The lowest BCUT2D eigenvalue weighted by atomic mass is 10.1. The van der Waals surface area contributed by atoms with E-state index in [1.807, 2.05) is 60.0 Å². The smallest absolute Gasteiger partial charge is 0.280 e. The highest BCUT2D eigenvalue weighted by Crippen LogP contribution is 2.36. The molecule has 1 aliphatic heterocycles. The Labute approximate surface area is 203 Å². The average Bonchev–Trinajstić information content (AvgIpc) is 3.51. The fourth-order valence-corrected chi connectivity index (χ4v) is 5.93. The molecule has 3 aromatic heterocycles. The molecule has 0 saturated carbocycles. The zero-order chi connectivity index (χ0) is 23.1. The third-order valence-corrected chi connectivity index (χ3v) is 7.64. The van der Waals surface area contributed by atoms with Gasteiger partial charge in [0, 0.05) is 24.1 Å². The van der Waals surface area contributed by atoms with Crippen LogP contribution < -0.4 is 14.3 Å². The lowest BCUT2D eigenvalue weighted by molar-refractivity contribution is 0.0999. The molecular weight excluding hydrogens is 466 g/mol. The molecule has 6 nitrogen and oxygen atoms in total. The van der Waals surface area contributed by atoms with Gasteiger partial charge in [-0.3, -0.25) is 4.79 Å². The summed E-state index contributed by atoms with van der Waals surface area (Å²) in [5, 5.41) is 2.81. The van der Waals surface area contributed by atoms with Gasteiger partial charge in [-0.15, -0.1) is 11.3 Å². The van der Waals surface area contributed by atoms with E-state index in [2.05, 4.69) is 16.5 Å². The summed E-state index contributed by atoms with van der Waals surface area (Å²) in [6, 6.07) is 17.6. The standard InChI is InChI=1S/C26H21N3O3S2/c1-2-9-29-20-14-21-22(32-11-10-31-21)15-24(20)34-26(29)28-25(30)17-13-19(23-8-5-12-33-23)27-18-7-4-3-6-16(17)18/h3-8,12-15H,2,9-11H2,1H3. The summed E-state index contributed by atoms with van der Waals surface area (Å²) < 4.78 is 14.7. The van der Waals surface area contributed by atoms with Gasteiger partial charge in [0.15, 0.2) is 16.3 Å². The number of hydrogen-bond acceptors (Lipinski definition) is 6. The molecule has 0 unspecified atom stereocenters. The van der Waals surface area contributed by atoms with Crippen LogP contribution in [0.4, 0.5) is 0 Å². The Morgan fingerprint density at radius 3 is 2.71 bits per heavy atom. The van der Waals surface area contributed by atoms with Gasteiger partial charge in [0.1, 0.15) is 13.2 Å². The number of ether oxygens (including phenoxy) is 2. The Kier molecular flexibility index (Phi) is 5.39. The Balaban J connectivity index is 1.53. The van der Waals surface area contributed by atoms with Crippen molar-refractivity contribution >= 4 is 49.7 Å². The number of amides is 1. The molecule has 6 rings (SSSR count). The van der Waals surface area contributed by atoms with Crippen LogP contribution in [0.5, 0.6) is 11.5 Å². The van der Waals surface area contributed by atoms with Crippen LogP contribution in [0.2, 0.25) is 0 Å². The second-order valence-electron chi connectivity index (χ2n) is 7.97. The summed E-state index contributed by atoms with van der Waals surface area (Å²) in [6.07, 6.45) is 0.919. The van der Waals surface area contributed by atoms with E-state index in [0.717, 1.165) is 56.2 Å². The molecular formula is C26H21N3O3S2. The number of thiazole rings is 1. The number of nitrogens with zero attached hydrogens (tertiary/aromatic N) is 3. The lowest BCUT2D eigenvalue weighted by Gasteiger charge is -2.18. The Hall–Kier alpha value is -3.49. The molecule has 0 radical (unpaired) electrons. The normalized spacial score (nSPS) is 13.6. The van der Waals surface area contributed by atoms with Gasteiger partial charge < -0.3 is 14.0 Å². The van der Waals surface area contributed by atoms with Crippen LogP contribution in [0.1, 0.15) is 23.7 Å². The topological polar surface area (TPSA) is 65.7 Å². The number of rotatable bonds is 4. The van der Waals surface area contributed by atoms with E-state index in [0.29, 0.717) is 23.6 Å². The largest absolute Gasteiger partial charge is 0.486 e. The number of benzene rings is 2. The first-order valence-corrected chi connectivity index (χ1v) is 12.9. The van der Waals surface area contributed by atoms with Crippen molar-refractivity contribution in [1.29, 1.82) is 0 Å². The van der Waals surface area contributed by atoms with Gasteiger partial charge in [0.05, 0.1) is 31.9 Å². The van der Waals surface area contributed by atoms with Crippen LogP contribution in [-0.4, -0.2) is 28.7 Å². The molecule has 5 aromatic rings. The number of aromatic nitrogens is 2. The number of aryl methyl sites for hydroxylation is 1. The fraction of sp³-hybridized carbons (Fsp3) is 0.192. The minimum atomic E-state index is -0.273.